The van der Waals surface area contributed by atoms with Crippen LogP contribution in [0, 0.1) is 0 Å². The summed E-state index contributed by atoms with van der Waals surface area (Å²) in [5.74, 6) is -0.421. The van der Waals surface area contributed by atoms with Crippen molar-refractivity contribution in [2.75, 3.05) is 12.5 Å². The zero-order valence-electron chi connectivity index (χ0n) is 12.8. The van der Waals surface area contributed by atoms with Crippen LogP contribution in [-0.4, -0.2) is 29.3 Å². The van der Waals surface area contributed by atoms with Gasteiger partial charge in [-0.2, -0.15) is 5.10 Å². The van der Waals surface area contributed by atoms with Gasteiger partial charge >= 0.3 is 5.97 Å². The zero-order chi connectivity index (χ0) is 16.8. The number of hydrogen-bond donors (Lipinski definition) is 1. The van der Waals surface area contributed by atoms with E-state index in [1.807, 2.05) is 42.5 Å². The van der Waals surface area contributed by atoms with Crippen LogP contribution in [0.3, 0.4) is 0 Å². The Balaban J connectivity index is 1.86. The largest absolute Gasteiger partial charge is 0.465 e. The van der Waals surface area contributed by atoms with Crippen molar-refractivity contribution in [1.82, 2.24) is 9.97 Å². The van der Waals surface area contributed by atoms with E-state index in [9.17, 15) is 4.79 Å². The molecule has 0 unspecified atom stereocenters. The smallest absolute Gasteiger partial charge is 0.350 e. The lowest BCUT2D eigenvalue weighted by molar-refractivity contribution is 0.0607. The number of rotatable bonds is 5. The summed E-state index contributed by atoms with van der Waals surface area (Å²) in [6, 6.07) is 13.2. The van der Waals surface area contributed by atoms with Gasteiger partial charge in [-0.15, -0.1) is 0 Å². The van der Waals surface area contributed by atoms with Gasteiger partial charge in [0.2, 0.25) is 5.13 Å². The van der Waals surface area contributed by atoms with Crippen molar-refractivity contribution >= 4 is 28.7 Å². The van der Waals surface area contributed by atoms with Crippen molar-refractivity contribution < 1.29 is 9.53 Å². The first-order valence-electron chi connectivity index (χ1n) is 7.11. The molecule has 120 valence electrons. The highest BCUT2D eigenvalue weighted by Gasteiger charge is 2.19. The van der Waals surface area contributed by atoms with Crippen LogP contribution in [0.25, 0.3) is 11.3 Å². The number of nitrogens with one attached hydrogen (secondary N) is 1. The first-order valence-corrected chi connectivity index (χ1v) is 7.93. The Morgan fingerprint density at radius 3 is 2.79 bits per heavy atom. The number of anilines is 1. The highest BCUT2D eigenvalue weighted by atomic mass is 32.1. The first kappa shape index (κ1) is 15.8. The zero-order valence-corrected chi connectivity index (χ0v) is 13.7. The van der Waals surface area contributed by atoms with E-state index in [4.69, 9.17) is 4.74 Å². The van der Waals surface area contributed by atoms with E-state index < -0.39 is 5.97 Å². The maximum atomic E-state index is 12.0. The molecular formula is C17H14N4O2S. The van der Waals surface area contributed by atoms with Gasteiger partial charge in [0, 0.05) is 23.5 Å². The van der Waals surface area contributed by atoms with Crippen molar-refractivity contribution in [3.63, 3.8) is 0 Å². The van der Waals surface area contributed by atoms with Crippen molar-refractivity contribution in [2.45, 2.75) is 0 Å². The Bertz CT molecular complexity index is 848. The third-order valence-corrected chi connectivity index (χ3v) is 4.04. The number of pyridine rings is 1. The van der Waals surface area contributed by atoms with Crippen LogP contribution in [0.15, 0.2) is 60.0 Å². The lowest BCUT2D eigenvalue weighted by atomic mass is 10.1. The molecule has 0 aliphatic heterocycles. The van der Waals surface area contributed by atoms with Crippen molar-refractivity contribution in [2.24, 2.45) is 5.10 Å². The average Bonchev–Trinajstić information content (AvgIpc) is 3.07. The van der Waals surface area contributed by atoms with Gasteiger partial charge in [-0.25, -0.2) is 9.78 Å². The minimum Gasteiger partial charge on any atom is -0.465 e. The predicted molar refractivity (Wildman–Crippen MR) is 94.3 cm³/mol. The van der Waals surface area contributed by atoms with Crippen LogP contribution in [0.5, 0.6) is 0 Å². The minimum absolute atomic E-state index is 0.421. The van der Waals surface area contributed by atoms with Crippen LogP contribution < -0.4 is 5.43 Å². The number of benzene rings is 1. The number of ether oxygens (including phenoxy) is 1. The van der Waals surface area contributed by atoms with Gasteiger partial charge in [-0.05, 0) is 6.07 Å². The molecule has 3 aromatic rings. The number of aromatic nitrogens is 2. The molecule has 0 atom stereocenters. The second kappa shape index (κ2) is 7.47. The Hall–Kier alpha value is -3.06. The molecule has 24 heavy (non-hydrogen) atoms. The van der Waals surface area contributed by atoms with Gasteiger partial charge in [0.25, 0.3) is 0 Å². The molecule has 6 nitrogen and oxygen atoms in total. The summed E-state index contributed by atoms with van der Waals surface area (Å²) in [5.41, 5.74) is 5.12. The van der Waals surface area contributed by atoms with Gasteiger partial charge in [0.05, 0.1) is 19.0 Å². The molecule has 0 radical (unpaired) electrons. The molecule has 7 heteroatoms. The van der Waals surface area contributed by atoms with E-state index in [1.54, 1.807) is 18.6 Å². The Kier molecular flexibility index (Phi) is 4.93. The molecule has 0 bridgehead atoms. The summed E-state index contributed by atoms with van der Waals surface area (Å²) in [6.07, 6.45) is 5.02. The first-order chi connectivity index (χ1) is 11.8. The highest BCUT2D eigenvalue weighted by molar-refractivity contribution is 7.17. The van der Waals surface area contributed by atoms with Crippen molar-refractivity contribution in [1.29, 1.82) is 0 Å². The molecule has 0 spiro atoms. The number of carbonyl (C=O) groups excluding carboxylic acids is 1. The van der Waals surface area contributed by atoms with Crippen LogP contribution in [0.4, 0.5) is 5.13 Å². The quantitative estimate of drug-likeness (QED) is 0.438. The third-order valence-electron chi connectivity index (χ3n) is 3.10. The molecule has 2 aromatic heterocycles. The molecular weight excluding hydrogens is 324 g/mol. The predicted octanol–water partition coefficient (Wildman–Crippen LogP) is 3.44. The fourth-order valence-corrected chi connectivity index (χ4v) is 2.86. The topological polar surface area (TPSA) is 76.5 Å². The third kappa shape index (κ3) is 3.64. The van der Waals surface area contributed by atoms with Crippen LogP contribution in [0.2, 0.25) is 0 Å². The van der Waals surface area contributed by atoms with E-state index in [1.165, 1.54) is 18.4 Å². The number of esters is 1. The van der Waals surface area contributed by atoms with E-state index in [-0.39, 0.29) is 0 Å². The maximum absolute atomic E-state index is 12.0. The van der Waals surface area contributed by atoms with Gasteiger partial charge in [0.1, 0.15) is 4.88 Å². The van der Waals surface area contributed by atoms with E-state index in [0.717, 1.165) is 11.1 Å². The normalized spacial score (nSPS) is 10.7. The van der Waals surface area contributed by atoms with Crippen molar-refractivity contribution in [3.05, 3.63) is 65.3 Å². The maximum Gasteiger partial charge on any atom is 0.350 e. The summed E-state index contributed by atoms with van der Waals surface area (Å²) in [4.78, 5) is 20.9. The fraction of sp³-hybridized carbons (Fsp3) is 0.0588. The van der Waals surface area contributed by atoms with Crippen molar-refractivity contribution in [3.8, 4) is 11.3 Å². The summed E-state index contributed by atoms with van der Waals surface area (Å²) < 4.78 is 4.84. The van der Waals surface area contributed by atoms with E-state index in [2.05, 4.69) is 20.5 Å². The number of thiazole rings is 1. The van der Waals surface area contributed by atoms with Gasteiger partial charge < -0.3 is 4.74 Å². The average molecular weight is 338 g/mol. The van der Waals surface area contributed by atoms with E-state index >= 15 is 0 Å². The molecule has 0 fully saturated rings. The molecule has 1 aromatic carbocycles. The van der Waals surface area contributed by atoms with Gasteiger partial charge in [-0.3, -0.25) is 10.4 Å². The Labute approximate surface area is 142 Å². The second-order valence-electron chi connectivity index (χ2n) is 4.71. The number of carbonyl (C=O) groups is 1. The second-order valence-corrected chi connectivity index (χ2v) is 5.71. The molecule has 3 rings (SSSR count). The van der Waals surface area contributed by atoms with Gasteiger partial charge in [0.15, 0.2) is 0 Å². The molecule has 2 heterocycles. The summed E-state index contributed by atoms with van der Waals surface area (Å²) in [5, 5.41) is 4.63. The fourth-order valence-electron chi connectivity index (χ4n) is 2.01. The number of nitrogens with zero attached hydrogens (tertiary/aromatic N) is 3. The van der Waals surface area contributed by atoms with Crippen LogP contribution in [0.1, 0.15) is 15.2 Å². The molecule has 0 aliphatic rings. The highest BCUT2D eigenvalue weighted by Crippen LogP contribution is 2.31. The number of hydrogen-bond acceptors (Lipinski definition) is 7. The lowest BCUT2D eigenvalue weighted by Crippen LogP contribution is -2.00. The van der Waals surface area contributed by atoms with E-state index in [0.29, 0.717) is 15.7 Å². The van der Waals surface area contributed by atoms with Gasteiger partial charge in [-0.1, -0.05) is 47.7 Å². The molecule has 0 aliphatic carbocycles. The lowest BCUT2D eigenvalue weighted by Gasteiger charge is -1.99. The van der Waals surface area contributed by atoms with Crippen LogP contribution in [-0.2, 0) is 4.74 Å². The molecule has 0 saturated carbocycles. The standard InChI is InChI=1S/C17H14N4O2S/c1-23-16(22)15-14(13-7-3-2-4-8-13)20-17(24-15)21-19-11-12-6-5-9-18-10-12/h2-11H,1H3,(H,20,21)/b19-11-. The summed E-state index contributed by atoms with van der Waals surface area (Å²) in [6.45, 7) is 0. The number of hydrazone groups is 1. The van der Waals surface area contributed by atoms with Crippen LogP contribution >= 0.6 is 11.3 Å². The molecule has 1 N–H and O–H groups in total. The Morgan fingerprint density at radius 2 is 2.08 bits per heavy atom. The summed E-state index contributed by atoms with van der Waals surface area (Å²) in [7, 11) is 1.35. The SMILES string of the molecule is COC(=O)c1sc(N/N=C\c2cccnc2)nc1-c1ccccc1. The minimum atomic E-state index is -0.421. The Morgan fingerprint density at radius 1 is 1.25 bits per heavy atom. The number of methoxy groups -OCH3 is 1. The monoisotopic (exact) mass is 338 g/mol. The summed E-state index contributed by atoms with van der Waals surface area (Å²) >= 11 is 1.20. The molecule has 0 amide bonds. The molecule has 0 saturated heterocycles.